The molecule has 0 saturated carbocycles. The van der Waals surface area contributed by atoms with E-state index in [2.05, 4.69) is 0 Å². The Morgan fingerprint density at radius 3 is 2.22 bits per heavy atom. The van der Waals surface area contributed by atoms with Gasteiger partial charge in [0.15, 0.2) is 12.4 Å². The van der Waals surface area contributed by atoms with Crippen LogP contribution in [0.25, 0.3) is 0 Å². The van der Waals surface area contributed by atoms with Gasteiger partial charge in [0.05, 0.1) is 10.1 Å². The molecule has 1 aliphatic rings. The minimum atomic E-state index is -0.465. The summed E-state index contributed by atoms with van der Waals surface area (Å²) in [7, 11) is 0. The number of esters is 1. The minimum absolute atomic E-state index is 0.200. The Morgan fingerprint density at radius 1 is 0.913 bits per heavy atom. The molecule has 1 saturated heterocycles. The van der Waals surface area contributed by atoms with Gasteiger partial charge in [-0.05, 0) is 17.7 Å². The first-order chi connectivity index (χ1) is 11.2. The van der Waals surface area contributed by atoms with Crippen LogP contribution in [-0.4, -0.2) is 29.9 Å². The van der Waals surface area contributed by atoms with Crippen LogP contribution in [-0.2, 0) is 4.74 Å². The Bertz CT molecular complexity index is 677. The Morgan fingerprint density at radius 2 is 1.57 bits per heavy atom. The van der Waals surface area contributed by atoms with Gasteiger partial charge < -0.3 is 4.74 Å². The lowest BCUT2D eigenvalue weighted by molar-refractivity contribution is 0.0475. The standard InChI is InChI=1S/C18H16O3S2/c19-16(13-4-2-1-3-5-13)12-21-17(20)14-6-8-15(9-7-14)18-22-10-11-23-18/h1-9,18H,10-12H2. The van der Waals surface area contributed by atoms with Gasteiger partial charge in [-0.2, -0.15) is 0 Å². The molecule has 0 aromatic heterocycles. The zero-order valence-electron chi connectivity index (χ0n) is 12.4. The summed E-state index contributed by atoms with van der Waals surface area (Å²) >= 11 is 3.85. The molecule has 0 aliphatic carbocycles. The first kappa shape index (κ1) is 16.1. The number of hydrogen-bond donors (Lipinski definition) is 0. The third-order valence-corrected chi connectivity index (χ3v) is 6.57. The number of ether oxygens (including phenoxy) is 1. The molecule has 2 aromatic rings. The van der Waals surface area contributed by atoms with Crippen molar-refractivity contribution in [2.24, 2.45) is 0 Å². The van der Waals surface area contributed by atoms with Gasteiger partial charge in [-0.15, -0.1) is 23.5 Å². The second kappa shape index (κ2) is 7.70. The highest BCUT2D eigenvalue weighted by molar-refractivity contribution is 8.19. The van der Waals surface area contributed by atoms with Crippen molar-refractivity contribution in [1.29, 1.82) is 0 Å². The predicted molar refractivity (Wildman–Crippen MR) is 95.2 cm³/mol. The molecule has 0 spiro atoms. The fourth-order valence-electron chi connectivity index (χ4n) is 2.25. The highest BCUT2D eigenvalue weighted by Crippen LogP contribution is 2.45. The number of carbonyl (C=O) groups is 2. The zero-order chi connectivity index (χ0) is 16.1. The van der Waals surface area contributed by atoms with Gasteiger partial charge in [0.25, 0.3) is 0 Å². The molecule has 118 valence electrons. The molecule has 0 N–H and O–H groups in total. The smallest absolute Gasteiger partial charge is 0.338 e. The molecular weight excluding hydrogens is 328 g/mol. The van der Waals surface area contributed by atoms with Crippen molar-refractivity contribution < 1.29 is 14.3 Å². The number of Topliss-reactive ketones (excluding diaryl/α,β-unsaturated/α-hetero) is 1. The molecule has 2 aromatic carbocycles. The Balaban J connectivity index is 1.56. The second-order valence-electron chi connectivity index (χ2n) is 5.06. The van der Waals surface area contributed by atoms with Gasteiger partial charge in [-0.1, -0.05) is 42.5 Å². The molecule has 0 amide bonds. The number of rotatable bonds is 5. The molecule has 0 unspecified atom stereocenters. The third kappa shape index (κ3) is 4.18. The van der Waals surface area contributed by atoms with Gasteiger partial charge in [-0.3, -0.25) is 4.79 Å². The quantitative estimate of drug-likeness (QED) is 0.600. The molecule has 0 bridgehead atoms. The number of carbonyl (C=O) groups excluding carboxylic acids is 2. The summed E-state index contributed by atoms with van der Waals surface area (Å²) in [4.78, 5) is 24.0. The van der Waals surface area contributed by atoms with Crippen molar-refractivity contribution in [2.45, 2.75) is 4.58 Å². The van der Waals surface area contributed by atoms with E-state index in [1.165, 1.54) is 17.1 Å². The van der Waals surface area contributed by atoms with E-state index in [1.807, 2.05) is 41.7 Å². The van der Waals surface area contributed by atoms with Crippen molar-refractivity contribution in [2.75, 3.05) is 18.1 Å². The number of ketones is 1. The second-order valence-corrected chi connectivity index (χ2v) is 7.79. The van der Waals surface area contributed by atoms with Crippen LogP contribution < -0.4 is 0 Å². The maximum atomic E-state index is 12.0. The zero-order valence-corrected chi connectivity index (χ0v) is 14.1. The average molecular weight is 344 g/mol. The Labute approximate surface area is 143 Å². The van der Waals surface area contributed by atoms with Crippen LogP contribution >= 0.6 is 23.5 Å². The van der Waals surface area contributed by atoms with Crippen LogP contribution in [0, 0.1) is 0 Å². The largest absolute Gasteiger partial charge is 0.454 e. The normalized spacial score (nSPS) is 14.6. The molecule has 1 fully saturated rings. The number of hydrogen-bond acceptors (Lipinski definition) is 5. The lowest BCUT2D eigenvalue weighted by Gasteiger charge is -2.09. The lowest BCUT2D eigenvalue weighted by atomic mass is 10.1. The molecule has 3 rings (SSSR count). The van der Waals surface area contributed by atoms with Crippen molar-refractivity contribution in [3.05, 3.63) is 71.3 Å². The van der Waals surface area contributed by atoms with Gasteiger partial charge in [0.2, 0.25) is 0 Å². The Kier molecular flexibility index (Phi) is 5.41. The van der Waals surface area contributed by atoms with E-state index in [4.69, 9.17) is 4.74 Å². The molecule has 0 atom stereocenters. The first-order valence-corrected chi connectivity index (χ1v) is 9.42. The predicted octanol–water partition coefficient (Wildman–Crippen LogP) is 4.20. The highest BCUT2D eigenvalue weighted by Gasteiger charge is 2.19. The van der Waals surface area contributed by atoms with Gasteiger partial charge >= 0.3 is 5.97 Å². The summed E-state index contributed by atoms with van der Waals surface area (Å²) in [5.74, 6) is 1.67. The fraction of sp³-hybridized carbons (Fsp3) is 0.222. The Hall–Kier alpha value is -1.72. The third-order valence-electron chi connectivity index (χ3n) is 3.47. The first-order valence-electron chi connectivity index (χ1n) is 7.32. The molecule has 1 aliphatic heterocycles. The molecule has 5 heteroatoms. The summed E-state index contributed by atoms with van der Waals surface area (Å²) in [6.45, 7) is -0.237. The summed E-state index contributed by atoms with van der Waals surface area (Å²) in [6, 6.07) is 16.3. The lowest BCUT2D eigenvalue weighted by Crippen LogP contribution is -2.14. The topological polar surface area (TPSA) is 43.4 Å². The van der Waals surface area contributed by atoms with Crippen LogP contribution in [0.3, 0.4) is 0 Å². The van der Waals surface area contributed by atoms with Crippen molar-refractivity contribution in [3.8, 4) is 0 Å². The molecular formula is C18H16O3S2. The number of benzene rings is 2. The van der Waals surface area contributed by atoms with Crippen LogP contribution in [0.4, 0.5) is 0 Å². The molecule has 1 heterocycles. The monoisotopic (exact) mass is 344 g/mol. The maximum Gasteiger partial charge on any atom is 0.338 e. The van der Waals surface area contributed by atoms with Crippen LogP contribution in [0.1, 0.15) is 30.9 Å². The summed E-state index contributed by atoms with van der Waals surface area (Å²) in [5, 5.41) is 0. The SMILES string of the molecule is O=C(COC(=O)c1ccc(C2SCCS2)cc1)c1ccccc1. The number of thioether (sulfide) groups is 2. The van der Waals surface area contributed by atoms with E-state index in [0.717, 1.165) is 0 Å². The van der Waals surface area contributed by atoms with Gasteiger partial charge in [-0.25, -0.2) is 4.79 Å². The maximum absolute atomic E-state index is 12.0. The van der Waals surface area contributed by atoms with Crippen molar-refractivity contribution in [3.63, 3.8) is 0 Å². The molecule has 23 heavy (non-hydrogen) atoms. The van der Waals surface area contributed by atoms with E-state index in [1.54, 1.807) is 36.4 Å². The summed E-state index contributed by atoms with van der Waals surface area (Å²) in [6.07, 6.45) is 0. The van der Waals surface area contributed by atoms with Crippen LogP contribution in [0.15, 0.2) is 54.6 Å². The van der Waals surface area contributed by atoms with Crippen molar-refractivity contribution in [1.82, 2.24) is 0 Å². The minimum Gasteiger partial charge on any atom is -0.454 e. The average Bonchev–Trinajstić information content (AvgIpc) is 3.15. The summed E-state index contributed by atoms with van der Waals surface area (Å²) < 4.78 is 5.57. The van der Waals surface area contributed by atoms with Crippen LogP contribution in [0.5, 0.6) is 0 Å². The van der Waals surface area contributed by atoms with E-state index in [-0.39, 0.29) is 12.4 Å². The van der Waals surface area contributed by atoms with Gasteiger partial charge in [0.1, 0.15) is 0 Å². The summed E-state index contributed by atoms with van der Waals surface area (Å²) in [5.41, 5.74) is 2.24. The van der Waals surface area contributed by atoms with Crippen LogP contribution in [0.2, 0.25) is 0 Å². The molecule has 0 radical (unpaired) electrons. The van der Waals surface area contributed by atoms with Gasteiger partial charge in [0, 0.05) is 17.1 Å². The van der Waals surface area contributed by atoms with E-state index in [0.29, 0.717) is 15.7 Å². The van der Waals surface area contributed by atoms with E-state index in [9.17, 15) is 9.59 Å². The molecule has 3 nitrogen and oxygen atoms in total. The fourth-order valence-corrected chi connectivity index (χ4v) is 5.11. The van der Waals surface area contributed by atoms with Crippen molar-refractivity contribution >= 4 is 35.3 Å². The van der Waals surface area contributed by atoms with E-state index < -0.39 is 5.97 Å². The van der Waals surface area contributed by atoms with E-state index >= 15 is 0 Å². The highest BCUT2D eigenvalue weighted by atomic mass is 32.2.